The molecule has 0 aliphatic heterocycles. The van der Waals surface area contributed by atoms with Crippen molar-refractivity contribution in [1.29, 1.82) is 0 Å². The van der Waals surface area contributed by atoms with E-state index in [1.165, 1.54) is 0 Å². The topological polar surface area (TPSA) is 279 Å². The molecule has 0 aromatic rings. The summed E-state index contributed by atoms with van der Waals surface area (Å²) in [7, 11) is 0. The molecule has 15 nitrogen and oxygen atoms in total. The highest BCUT2D eigenvalue weighted by molar-refractivity contribution is 5.94. The Balaban J connectivity index is 5.80. The molecule has 5 atom stereocenters. The molecule has 0 aromatic heterocycles. The Hall–Kier alpha value is -3.62. The molecule has 0 rings (SSSR count). The van der Waals surface area contributed by atoms with Gasteiger partial charge < -0.3 is 49.7 Å². The van der Waals surface area contributed by atoms with Gasteiger partial charge in [0.1, 0.15) is 18.1 Å². The molecule has 3 amide bonds. The van der Waals surface area contributed by atoms with Gasteiger partial charge in [0.2, 0.25) is 17.7 Å². The van der Waals surface area contributed by atoms with Crippen LogP contribution >= 0.6 is 0 Å². The number of carbonyl (C=O) groups is 4. The molecular formula is C24H48N10O5. The minimum absolute atomic E-state index is 0.106. The first-order valence-electron chi connectivity index (χ1n) is 13.2. The number of hydrogen-bond donors (Lipinski definition) is 9. The van der Waals surface area contributed by atoms with Crippen LogP contribution < -0.4 is 44.6 Å². The number of nitrogens with one attached hydrogen (secondary N) is 3. The summed E-state index contributed by atoms with van der Waals surface area (Å²) in [6.07, 6.45) is 1.87. The first-order chi connectivity index (χ1) is 18.2. The predicted molar refractivity (Wildman–Crippen MR) is 150 cm³/mol. The summed E-state index contributed by atoms with van der Waals surface area (Å²) in [4.78, 5) is 58.6. The zero-order chi connectivity index (χ0) is 30.1. The van der Waals surface area contributed by atoms with Gasteiger partial charge in [0.15, 0.2) is 11.9 Å². The van der Waals surface area contributed by atoms with E-state index >= 15 is 0 Å². The minimum atomic E-state index is -1.19. The Labute approximate surface area is 230 Å². The van der Waals surface area contributed by atoms with E-state index in [1.807, 2.05) is 13.8 Å². The molecular weight excluding hydrogens is 508 g/mol. The zero-order valence-electron chi connectivity index (χ0n) is 23.5. The standard InChI is InChI=1S/C24H48N10O5/c1-5-14(4)18(22(38)39)34-21(37)17(9-7-11-31-24(28)29)33-20(36)16(8-6-10-30-23(26)27)32-19(35)15(25)12-13(2)3/h13-18H,5-12,25H2,1-4H3,(H,32,35)(H,33,36)(H,34,37)(H,38,39)(H4,26,27,30)(H4,28,29,31). The van der Waals surface area contributed by atoms with Gasteiger partial charge in [-0.2, -0.15) is 0 Å². The highest BCUT2D eigenvalue weighted by Crippen LogP contribution is 2.10. The van der Waals surface area contributed by atoms with E-state index in [9.17, 15) is 24.3 Å². The predicted octanol–water partition coefficient (Wildman–Crippen LogP) is -1.95. The summed E-state index contributed by atoms with van der Waals surface area (Å²) in [5.74, 6) is -3.44. The Kier molecular flexibility index (Phi) is 16.9. The van der Waals surface area contributed by atoms with Crippen LogP contribution in [0.3, 0.4) is 0 Å². The summed E-state index contributed by atoms with van der Waals surface area (Å²) in [6.45, 7) is 7.76. The lowest BCUT2D eigenvalue weighted by molar-refractivity contribution is -0.144. The van der Waals surface area contributed by atoms with Crippen molar-refractivity contribution >= 4 is 35.6 Å². The lowest BCUT2D eigenvalue weighted by atomic mass is 9.98. The van der Waals surface area contributed by atoms with Gasteiger partial charge in [0.25, 0.3) is 0 Å². The maximum Gasteiger partial charge on any atom is 0.326 e. The molecule has 14 N–H and O–H groups in total. The van der Waals surface area contributed by atoms with Gasteiger partial charge in [0, 0.05) is 13.1 Å². The van der Waals surface area contributed by atoms with Crippen LogP contribution in [-0.4, -0.2) is 78.0 Å². The van der Waals surface area contributed by atoms with Crippen LogP contribution in [0.5, 0.6) is 0 Å². The molecule has 0 bridgehead atoms. The number of carboxylic acids is 1. The fraction of sp³-hybridized carbons (Fsp3) is 0.750. The number of amides is 3. The molecule has 5 unspecified atom stereocenters. The van der Waals surface area contributed by atoms with Gasteiger partial charge in [-0.3, -0.25) is 24.4 Å². The van der Waals surface area contributed by atoms with Gasteiger partial charge in [-0.15, -0.1) is 0 Å². The quantitative estimate of drug-likeness (QED) is 0.0481. The van der Waals surface area contributed by atoms with E-state index in [-0.39, 0.29) is 49.7 Å². The van der Waals surface area contributed by atoms with Gasteiger partial charge in [0.05, 0.1) is 6.04 Å². The summed E-state index contributed by atoms with van der Waals surface area (Å²) in [5.41, 5.74) is 27.4. The number of nitrogens with zero attached hydrogens (tertiary/aromatic N) is 2. The largest absolute Gasteiger partial charge is 0.480 e. The van der Waals surface area contributed by atoms with Crippen LogP contribution in [-0.2, 0) is 19.2 Å². The van der Waals surface area contributed by atoms with E-state index in [1.54, 1.807) is 13.8 Å². The number of hydrogen-bond acceptors (Lipinski definition) is 7. The fourth-order valence-electron chi connectivity index (χ4n) is 3.65. The smallest absolute Gasteiger partial charge is 0.326 e. The summed E-state index contributed by atoms with van der Waals surface area (Å²) >= 11 is 0. The van der Waals surface area contributed by atoms with Crippen LogP contribution in [0.25, 0.3) is 0 Å². The number of aliphatic imine (C=N–C) groups is 2. The Bertz CT molecular complexity index is 856. The van der Waals surface area contributed by atoms with E-state index in [0.717, 1.165) is 0 Å². The van der Waals surface area contributed by atoms with Crippen LogP contribution in [0.2, 0.25) is 0 Å². The van der Waals surface area contributed by atoms with E-state index in [0.29, 0.717) is 25.7 Å². The van der Waals surface area contributed by atoms with Crippen LogP contribution in [0.15, 0.2) is 9.98 Å². The Morgan fingerprint density at radius 3 is 1.59 bits per heavy atom. The van der Waals surface area contributed by atoms with Crippen molar-refractivity contribution in [2.45, 2.75) is 90.4 Å². The Morgan fingerprint density at radius 2 is 1.21 bits per heavy atom. The number of guanidine groups is 2. The molecule has 0 aliphatic carbocycles. The van der Waals surface area contributed by atoms with Crippen LogP contribution in [0.1, 0.15) is 66.2 Å². The van der Waals surface area contributed by atoms with Crippen molar-refractivity contribution in [3.05, 3.63) is 0 Å². The molecule has 15 heteroatoms. The van der Waals surface area contributed by atoms with Crippen molar-refractivity contribution in [3.8, 4) is 0 Å². The van der Waals surface area contributed by atoms with Crippen LogP contribution in [0, 0.1) is 11.8 Å². The number of nitrogens with two attached hydrogens (primary N) is 5. The fourth-order valence-corrected chi connectivity index (χ4v) is 3.65. The average molecular weight is 557 g/mol. The third-order valence-electron chi connectivity index (χ3n) is 6.00. The van der Waals surface area contributed by atoms with Crippen molar-refractivity contribution in [2.24, 2.45) is 50.5 Å². The summed E-state index contributed by atoms with van der Waals surface area (Å²) < 4.78 is 0. The van der Waals surface area contributed by atoms with Crippen molar-refractivity contribution in [2.75, 3.05) is 13.1 Å². The van der Waals surface area contributed by atoms with E-state index in [2.05, 4.69) is 25.9 Å². The maximum atomic E-state index is 13.3. The molecule has 0 saturated heterocycles. The van der Waals surface area contributed by atoms with Gasteiger partial charge in [-0.05, 0) is 43.9 Å². The normalized spacial score (nSPS) is 14.7. The molecule has 0 aromatic carbocycles. The second-order valence-electron chi connectivity index (χ2n) is 9.97. The lowest BCUT2D eigenvalue weighted by Crippen LogP contribution is -2.57. The average Bonchev–Trinajstić information content (AvgIpc) is 2.84. The zero-order valence-corrected chi connectivity index (χ0v) is 23.5. The molecule has 0 radical (unpaired) electrons. The molecule has 0 fully saturated rings. The second-order valence-corrected chi connectivity index (χ2v) is 9.97. The minimum Gasteiger partial charge on any atom is -0.480 e. The first kappa shape index (κ1) is 35.4. The molecule has 224 valence electrons. The molecule has 0 saturated carbocycles. The third kappa shape index (κ3) is 15.4. The second kappa shape index (κ2) is 18.6. The van der Waals surface area contributed by atoms with Gasteiger partial charge in [-0.25, -0.2) is 4.79 Å². The molecule has 0 heterocycles. The highest BCUT2D eigenvalue weighted by Gasteiger charge is 2.31. The summed E-state index contributed by atoms with van der Waals surface area (Å²) in [5, 5.41) is 17.4. The molecule has 0 aliphatic rings. The van der Waals surface area contributed by atoms with Crippen molar-refractivity contribution < 1.29 is 24.3 Å². The lowest BCUT2D eigenvalue weighted by Gasteiger charge is -2.26. The van der Waals surface area contributed by atoms with E-state index in [4.69, 9.17) is 28.7 Å². The molecule has 39 heavy (non-hydrogen) atoms. The van der Waals surface area contributed by atoms with Gasteiger partial charge in [-0.1, -0.05) is 34.1 Å². The first-order valence-corrected chi connectivity index (χ1v) is 13.2. The number of aliphatic carboxylic acids is 1. The SMILES string of the molecule is CCC(C)C(NC(=O)C(CCCN=C(N)N)NC(=O)C(CCCN=C(N)N)NC(=O)C(N)CC(C)C)C(=O)O. The number of rotatable bonds is 19. The monoisotopic (exact) mass is 556 g/mol. The number of carbonyl (C=O) groups excluding carboxylic acids is 3. The summed E-state index contributed by atoms with van der Waals surface area (Å²) in [6, 6.07) is -4.13. The molecule has 0 spiro atoms. The highest BCUT2D eigenvalue weighted by atomic mass is 16.4. The maximum absolute atomic E-state index is 13.3. The van der Waals surface area contributed by atoms with Crippen LogP contribution in [0.4, 0.5) is 0 Å². The third-order valence-corrected chi connectivity index (χ3v) is 6.00. The van der Waals surface area contributed by atoms with Gasteiger partial charge >= 0.3 is 5.97 Å². The Morgan fingerprint density at radius 1 is 0.769 bits per heavy atom. The number of carboxylic acid groups (broad SMARTS) is 1. The van der Waals surface area contributed by atoms with E-state index < -0.39 is 47.9 Å². The van der Waals surface area contributed by atoms with Crippen molar-refractivity contribution in [1.82, 2.24) is 16.0 Å². The van der Waals surface area contributed by atoms with Crippen molar-refractivity contribution in [3.63, 3.8) is 0 Å².